The molecule has 0 amide bonds. The van der Waals surface area contributed by atoms with Gasteiger partial charge in [0.25, 0.3) is 0 Å². The monoisotopic (exact) mass is 292 g/mol. The van der Waals surface area contributed by atoms with Crippen molar-refractivity contribution < 1.29 is 5.11 Å². The Bertz CT molecular complexity index is 613. The standard InChI is InChI=1S/C19H20N2O/c22-19(17-8-2-1-3-9-17,18-10-6-12-20-16-18)11-7-15-21-13-4-5-14-21/h1-3,6,8-10,12,16,22H,4-5,13-15H2/t19-/m1/s1. The summed E-state index contributed by atoms with van der Waals surface area (Å²) in [5.74, 6) is 6.24. The molecule has 3 heteroatoms. The Hall–Kier alpha value is -2.15. The topological polar surface area (TPSA) is 36.4 Å². The fourth-order valence-electron chi connectivity index (χ4n) is 2.79. The van der Waals surface area contributed by atoms with Gasteiger partial charge in [-0.15, -0.1) is 0 Å². The molecular formula is C19H20N2O. The van der Waals surface area contributed by atoms with Crippen molar-refractivity contribution in [2.75, 3.05) is 19.6 Å². The first-order chi connectivity index (χ1) is 10.8. The summed E-state index contributed by atoms with van der Waals surface area (Å²) in [5.41, 5.74) is 0.168. The smallest absolute Gasteiger partial charge is 0.178 e. The minimum Gasteiger partial charge on any atom is -0.369 e. The van der Waals surface area contributed by atoms with Crippen molar-refractivity contribution in [1.82, 2.24) is 9.88 Å². The number of likely N-dealkylation sites (tertiary alicyclic amines) is 1. The lowest BCUT2D eigenvalue weighted by atomic mass is 9.88. The van der Waals surface area contributed by atoms with Crippen LogP contribution in [0.5, 0.6) is 0 Å². The summed E-state index contributed by atoms with van der Waals surface area (Å²) < 4.78 is 0. The fraction of sp³-hybridized carbons (Fsp3) is 0.316. The zero-order valence-electron chi connectivity index (χ0n) is 12.6. The van der Waals surface area contributed by atoms with Crippen LogP contribution < -0.4 is 0 Å². The van der Waals surface area contributed by atoms with Gasteiger partial charge >= 0.3 is 0 Å². The van der Waals surface area contributed by atoms with Gasteiger partial charge in [0.15, 0.2) is 5.60 Å². The van der Waals surface area contributed by atoms with Crippen molar-refractivity contribution in [1.29, 1.82) is 0 Å². The second-order valence-corrected chi connectivity index (χ2v) is 5.60. The Morgan fingerprint density at radius 1 is 1.05 bits per heavy atom. The summed E-state index contributed by atoms with van der Waals surface area (Å²) in [6.45, 7) is 2.91. The molecular weight excluding hydrogens is 272 g/mol. The Morgan fingerprint density at radius 3 is 2.45 bits per heavy atom. The molecule has 112 valence electrons. The average molecular weight is 292 g/mol. The van der Waals surface area contributed by atoms with E-state index in [4.69, 9.17) is 0 Å². The van der Waals surface area contributed by atoms with Crippen molar-refractivity contribution in [3.05, 3.63) is 66.0 Å². The molecule has 0 spiro atoms. The molecule has 1 N–H and O–H groups in total. The molecule has 2 heterocycles. The molecule has 0 bridgehead atoms. The molecule has 1 fully saturated rings. The second kappa shape index (κ2) is 6.74. The highest BCUT2D eigenvalue weighted by molar-refractivity contribution is 5.43. The van der Waals surface area contributed by atoms with Gasteiger partial charge in [0.1, 0.15) is 0 Å². The predicted molar refractivity (Wildman–Crippen MR) is 87.1 cm³/mol. The van der Waals surface area contributed by atoms with E-state index >= 15 is 0 Å². The Labute approximate surface area is 131 Å². The summed E-state index contributed by atoms with van der Waals surface area (Å²) >= 11 is 0. The molecule has 0 unspecified atom stereocenters. The molecule has 1 atom stereocenters. The zero-order chi connectivity index (χ0) is 15.3. The van der Waals surface area contributed by atoms with Crippen molar-refractivity contribution in [2.24, 2.45) is 0 Å². The van der Waals surface area contributed by atoms with Crippen molar-refractivity contribution >= 4 is 0 Å². The first-order valence-corrected chi connectivity index (χ1v) is 7.70. The molecule has 3 rings (SSSR count). The van der Waals surface area contributed by atoms with E-state index in [-0.39, 0.29) is 0 Å². The summed E-state index contributed by atoms with van der Waals surface area (Å²) in [5, 5.41) is 11.2. The van der Waals surface area contributed by atoms with Crippen molar-refractivity contribution in [2.45, 2.75) is 18.4 Å². The molecule has 22 heavy (non-hydrogen) atoms. The van der Waals surface area contributed by atoms with Gasteiger partial charge in [-0.2, -0.15) is 0 Å². The normalized spacial score (nSPS) is 17.5. The van der Waals surface area contributed by atoms with Crippen LogP contribution in [0, 0.1) is 11.8 Å². The average Bonchev–Trinajstić information content (AvgIpc) is 3.10. The quantitative estimate of drug-likeness (QED) is 0.883. The number of aliphatic hydroxyl groups is 1. The van der Waals surface area contributed by atoms with Gasteiger partial charge in [-0.05, 0) is 32.0 Å². The zero-order valence-corrected chi connectivity index (χ0v) is 12.6. The largest absolute Gasteiger partial charge is 0.369 e. The van der Waals surface area contributed by atoms with E-state index in [0.717, 1.165) is 18.7 Å². The molecule has 0 saturated carbocycles. The van der Waals surface area contributed by atoms with Crippen LogP contribution in [-0.4, -0.2) is 34.6 Å². The van der Waals surface area contributed by atoms with Gasteiger partial charge in [0.2, 0.25) is 0 Å². The van der Waals surface area contributed by atoms with Crippen LogP contribution in [0.4, 0.5) is 0 Å². The number of aromatic nitrogens is 1. The van der Waals surface area contributed by atoms with Gasteiger partial charge in [0.05, 0.1) is 6.54 Å². The van der Waals surface area contributed by atoms with Gasteiger partial charge in [-0.3, -0.25) is 9.88 Å². The molecule has 0 radical (unpaired) electrons. The van der Waals surface area contributed by atoms with E-state index in [0.29, 0.717) is 12.1 Å². The predicted octanol–water partition coefficient (Wildman–Crippen LogP) is 2.42. The maximum Gasteiger partial charge on any atom is 0.178 e. The third-order valence-corrected chi connectivity index (χ3v) is 4.04. The van der Waals surface area contributed by atoms with E-state index < -0.39 is 5.60 Å². The highest BCUT2D eigenvalue weighted by Crippen LogP contribution is 2.28. The van der Waals surface area contributed by atoms with Crippen LogP contribution in [0.1, 0.15) is 24.0 Å². The van der Waals surface area contributed by atoms with Crippen LogP contribution in [0.25, 0.3) is 0 Å². The highest BCUT2D eigenvalue weighted by Gasteiger charge is 2.29. The maximum atomic E-state index is 11.2. The Morgan fingerprint density at radius 2 is 1.77 bits per heavy atom. The summed E-state index contributed by atoms with van der Waals surface area (Å²) in [6.07, 6.45) is 5.87. The highest BCUT2D eigenvalue weighted by atomic mass is 16.3. The van der Waals surface area contributed by atoms with Gasteiger partial charge in [-0.25, -0.2) is 0 Å². The molecule has 2 aromatic rings. The minimum absolute atomic E-state index is 0.704. The van der Waals surface area contributed by atoms with E-state index in [1.807, 2.05) is 42.5 Å². The van der Waals surface area contributed by atoms with Crippen LogP contribution in [0.3, 0.4) is 0 Å². The third kappa shape index (κ3) is 3.19. The van der Waals surface area contributed by atoms with Crippen LogP contribution in [0.15, 0.2) is 54.9 Å². The summed E-state index contributed by atoms with van der Waals surface area (Å²) in [6, 6.07) is 13.3. The van der Waals surface area contributed by atoms with Crippen molar-refractivity contribution in [3.63, 3.8) is 0 Å². The molecule has 0 aliphatic carbocycles. The van der Waals surface area contributed by atoms with Gasteiger partial charge in [-0.1, -0.05) is 48.2 Å². The SMILES string of the molecule is O[C@](C#CCN1CCCC1)(c1ccccc1)c1cccnc1. The molecule has 1 saturated heterocycles. The minimum atomic E-state index is -1.31. The van der Waals surface area contributed by atoms with Crippen LogP contribution in [0.2, 0.25) is 0 Å². The van der Waals surface area contributed by atoms with Gasteiger partial charge in [0, 0.05) is 23.5 Å². The van der Waals surface area contributed by atoms with Gasteiger partial charge < -0.3 is 5.11 Å². The lowest BCUT2D eigenvalue weighted by molar-refractivity contribution is 0.144. The number of pyridine rings is 1. The van der Waals surface area contributed by atoms with E-state index in [2.05, 4.69) is 21.7 Å². The van der Waals surface area contributed by atoms with E-state index in [1.165, 1.54) is 12.8 Å². The molecule has 3 nitrogen and oxygen atoms in total. The first kappa shape index (κ1) is 14.8. The molecule has 1 aromatic carbocycles. The fourth-order valence-corrected chi connectivity index (χ4v) is 2.79. The van der Waals surface area contributed by atoms with E-state index in [1.54, 1.807) is 12.4 Å². The number of rotatable bonds is 3. The number of benzene rings is 1. The maximum absolute atomic E-state index is 11.2. The summed E-state index contributed by atoms with van der Waals surface area (Å²) in [4.78, 5) is 6.44. The Kier molecular flexibility index (Phi) is 4.53. The molecule has 1 aromatic heterocycles. The van der Waals surface area contributed by atoms with Crippen LogP contribution >= 0.6 is 0 Å². The molecule has 1 aliphatic heterocycles. The van der Waals surface area contributed by atoms with E-state index in [9.17, 15) is 5.11 Å². The third-order valence-electron chi connectivity index (χ3n) is 4.04. The lowest BCUT2D eigenvalue weighted by Crippen LogP contribution is -2.26. The number of hydrogen-bond donors (Lipinski definition) is 1. The first-order valence-electron chi connectivity index (χ1n) is 7.70. The number of nitrogens with zero attached hydrogens (tertiary/aromatic N) is 2. The number of hydrogen-bond acceptors (Lipinski definition) is 3. The second-order valence-electron chi connectivity index (χ2n) is 5.60. The Balaban J connectivity index is 1.91. The van der Waals surface area contributed by atoms with Crippen LogP contribution in [-0.2, 0) is 5.60 Å². The molecule has 1 aliphatic rings. The summed E-state index contributed by atoms with van der Waals surface area (Å²) in [7, 11) is 0. The lowest BCUT2D eigenvalue weighted by Gasteiger charge is -2.23. The van der Waals surface area contributed by atoms with Crippen molar-refractivity contribution in [3.8, 4) is 11.8 Å².